The fraction of sp³-hybridized carbons (Fsp3) is 0.385. The second kappa shape index (κ2) is 9.07. The summed E-state index contributed by atoms with van der Waals surface area (Å²) in [5, 5.41) is 0. The van der Waals surface area contributed by atoms with Gasteiger partial charge in [0.2, 0.25) is 0 Å². The largest absolute Gasteiger partial charge is 0.496 e. The number of likely N-dealkylation sites (tertiary alicyclic amines) is 1. The van der Waals surface area contributed by atoms with Crippen molar-refractivity contribution >= 4 is 23.1 Å². The Morgan fingerprint density at radius 1 is 0.906 bits per heavy atom. The molecule has 0 unspecified atom stereocenters. The van der Waals surface area contributed by atoms with Crippen molar-refractivity contribution < 1.29 is 19.1 Å². The van der Waals surface area contributed by atoms with E-state index in [-0.39, 0.29) is 17.9 Å². The number of benzene rings is 2. The van der Waals surface area contributed by atoms with Crippen LogP contribution < -0.4 is 14.4 Å². The number of hydrogen-bond donors (Lipinski definition) is 0. The molecule has 2 aromatic rings. The summed E-state index contributed by atoms with van der Waals surface area (Å²) in [6.45, 7) is 7.55. The van der Waals surface area contributed by atoms with E-state index in [1.807, 2.05) is 50.2 Å². The predicted octanol–water partition coefficient (Wildman–Crippen LogP) is 4.50. The quantitative estimate of drug-likeness (QED) is 0.627. The van der Waals surface area contributed by atoms with Gasteiger partial charge in [0.1, 0.15) is 17.2 Å². The Labute approximate surface area is 189 Å². The number of rotatable bonds is 6. The Morgan fingerprint density at radius 3 is 2.19 bits per heavy atom. The first-order chi connectivity index (χ1) is 15.4. The molecule has 0 N–H and O–H groups in total. The van der Waals surface area contributed by atoms with Crippen LogP contribution in [0.3, 0.4) is 0 Å². The van der Waals surface area contributed by atoms with Crippen molar-refractivity contribution in [1.29, 1.82) is 0 Å². The lowest BCUT2D eigenvalue weighted by atomic mass is 9.97. The fourth-order valence-electron chi connectivity index (χ4n) is 4.35. The van der Waals surface area contributed by atoms with Crippen LogP contribution in [0, 0.1) is 5.92 Å². The van der Waals surface area contributed by atoms with Gasteiger partial charge in [-0.3, -0.25) is 9.59 Å². The smallest absolute Gasteiger partial charge is 0.282 e. The molecule has 2 amide bonds. The molecule has 32 heavy (non-hydrogen) atoms. The minimum atomic E-state index is -0.354. The molecule has 168 valence electrons. The van der Waals surface area contributed by atoms with E-state index in [9.17, 15) is 9.59 Å². The van der Waals surface area contributed by atoms with Crippen LogP contribution in [0.1, 0.15) is 39.2 Å². The molecule has 2 heterocycles. The lowest BCUT2D eigenvalue weighted by Gasteiger charge is -2.33. The number of para-hydroxylation sites is 3. The van der Waals surface area contributed by atoms with Crippen molar-refractivity contribution in [3.63, 3.8) is 0 Å². The summed E-state index contributed by atoms with van der Waals surface area (Å²) < 4.78 is 11.5. The van der Waals surface area contributed by atoms with Gasteiger partial charge in [0.15, 0.2) is 0 Å². The summed E-state index contributed by atoms with van der Waals surface area (Å²) in [5.74, 6) is 1.01. The van der Waals surface area contributed by atoms with Crippen molar-refractivity contribution in [2.24, 2.45) is 5.92 Å². The van der Waals surface area contributed by atoms with Gasteiger partial charge in [0, 0.05) is 18.7 Å². The van der Waals surface area contributed by atoms with E-state index in [0.717, 1.165) is 25.9 Å². The van der Waals surface area contributed by atoms with Crippen LogP contribution in [-0.4, -0.2) is 43.0 Å². The monoisotopic (exact) mass is 434 g/mol. The van der Waals surface area contributed by atoms with Crippen LogP contribution in [0.4, 0.5) is 5.69 Å². The number of anilines is 1. The van der Waals surface area contributed by atoms with Crippen molar-refractivity contribution in [2.75, 3.05) is 25.1 Å². The maximum absolute atomic E-state index is 13.8. The minimum absolute atomic E-state index is 0.0892. The first kappa shape index (κ1) is 21.9. The van der Waals surface area contributed by atoms with Crippen LogP contribution in [0.25, 0.3) is 5.57 Å². The second-order valence-electron chi connectivity index (χ2n) is 8.67. The van der Waals surface area contributed by atoms with E-state index in [2.05, 4.69) is 11.8 Å². The van der Waals surface area contributed by atoms with E-state index >= 15 is 0 Å². The average molecular weight is 435 g/mol. The Hall–Kier alpha value is -3.28. The molecule has 1 saturated heterocycles. The van der Waals surface area contributed by atoms with Gasteiger partial charge in [0.05, 0.1) is 24.5 Å². The van der Waals surface area contributed by atoms with Gasteiger partial charge in [-0.25, -0.2) is 4.90 Å². The SMILES string of the molecule is COc1ccccc1C1=C(N2CCC(C)CC2)C(=O)N(c2ccccc2OC(C)C)C1=O. The van der Waals surface area contributed by atoms with E-state index in [1.165, 1.54) is 4.90 Å². The normalized spacial score (nSPS) is 17.5. The maximum atomic E-state index is 13.8. The number of methoxy groups -OCH3 is 1. The Bertz CT molecular complexity index is 1050. The molecular formula is C26H30N2O4. The highest BCUT2D eigenvalue weighted by Crippen LogP contribution is 2.41. The number of imide groups is 1. The predicted molar refractivity (Wildman–Crippen MR) is 125 cm³/mol. The summed E-state index contributed by atoms with van der Waals surface area (Å²) in [5.41, 5.74) is 1.93. The standard InChI is InChI=1S/C26H30N2O4/c1-17(2)32-22-12-8-6-10-20(22)28-25(29)23(19-9-5-7-11-21(19)31-4)24(26(28)30)27-15-13-18(3)14-16-27/h5-12,17-18H,13-16H2,1-4H3. The third-order valence-corrected chi connectivity index (χ3v) is 6.00. The number of nitrogens with zero attached hydrogens (tertiary/aromatic N) is 2. The van der Waals surface area contributed by atoms with E-state index < -0.39 is 0 Å². The Morgan fingerprint density at radius 2 is 1.53 bits per heavy atom. The number of ether oxygens (including phenoxy) is 2. The van der Waals surface area contributed by atoms with Crippen molar-refractivity contribution in [3.8, 4) is 11.5 Å². The van der Waals surface area contributed by atoms with Crippen LogP contribution in [0.15, 0.2) is 54.2 Å². The van der Waals surface area contributed by atoms with Crippen molar-refractivity contribution in [2.45, 2.75) is 39.7 Å². The van der Waals surface area contributed by atoms with Gasteiger partial charge < -0.3 is 14.4 Å². The number of hydrogen-bond acceptors (Lipinski definition) is 5. The summed E-state index contributed by atoms with van der Waals surface area (Å²) in [6, 6.07) is 14.6. The number of amides is 2. The van der Waals surface area contributed by atoms with E-state index in [4.69, 9.17) is 9.47 Å². The fourth-order valence-corrected chi connectivity index (χ4v) is 4.35. The topological polar surface area (TPSA) is 59.1 Å². The molecule has 0 saturated carbocycles. The molecular weight excluding hydrogens is 404 g/mol. The molecule has 2 aliphatic rings. The van der Waals surface area contributed by atoms with Gasteiger partial charge >= 0.3 is 0 Å². The first-order valence-electron chi connectivity index (χ1n) is 11.2. The minimum Gasteiger partial charge on any atom is -0.496 e. The average Bonchev–Trinajstić information content (AvgIpc) is 3.04. The third kappa shape index (κ3) is 3.97. The molecule has 6 nitrogen and oxygen atoms in total. The highest BCUT2D eigenvalue weighted by atomic mass is 16.5. The molecule has 0 aromatic heterocycles. The lowest BCUT2D eigenvalue weighted by Crippen LogP contribution is -2.38. The molecule has 6 heteroatoms. The highest BCUT2D eigenvalue weighted by Gasteiger charge is 2.44. The van der Waals surface area contributed by atoms with Crippen LogP contribution in [-0.2, 0) is 9.59 Å². The molecule has 0 atom stereocenters. The van der Waals surface area contributed by atoms with Crippen LogP contribution in [0.5, 0.6) is 11.5 Å². The molecule has 0 radical (unpaired) electrons. The molecule has 0 aliphatic carbocycles. The van der Waals surface area contributed by atoms with Gasteiger partial charge in [-0.2, -0.15) is 0 Å². The molecule has 1 fully saturated rings. The summed E-state index contributed by atoms with van der Waals surface area (Å²) in [7, 11) is 1.58. The van der Waals surface area contributed by atoms with E-state index in [1.54, 1.807) is 19.2 Å². The van der Waals surface area contributed by atoms with Crippen molar-refractivity contribution in [3.05, 3.63) is 59.8 Å². The van der Waals surface area contributed by atoms with Gasteiger partial charge in [-0.15, -0.1) is 0 Å². The highest BCUT2D eigenvalue weighted by molar-refractivity contribution is 6.46. The molecule has 0 bridgehead atoms. The zero-order valence-electron chi connectivity index (χ0n) is 19.1. The maximum Gasteiger partial charge on any atom is 0.282 e. The second-order valence-corrected chi connectivity index (χ2v) is 8.67. The van der Waals surface area contributed by atoms with E-state index in [0.29, 0.717) is 39.9 Å². The number of piperidine rings is 1. The lowest BCUT2D eigenvalue weighted by molar-refractivity contribution is -0.120. The van der Waals surface area contributed by atoms with Crippen LogP contribution >= 0.6 is 0 Å². The first-order valence-corrected chi connectivity index (χ1v) is 11.2. The molecule has 2 aromatic carbocycles. The van der Waals surface area contributed by atoms with Crippen molar-refractivity contribution in [1.82, 2.24) is 4.90 Å². The Balaban J connectivity index is 1.85. The zero-order chi connectivity index (χ0) is 22.8. The summed E-state index contributed by atoms with van der Waals surface area (Å²) >= 11 is 0. The van der Waals surface area contributed by atoms with Crippen LogP contribution in [0.2, 0.25) is 0 Å². The van der Waals surface area contributed by atoms with Gasteiger partial charge in [-0.05, 0) is 50.8 Å². The Kier molecular flexibility index (Phi) is 6.21. The number of carbonyl (C=O) groups is 2. The zero-order valence-corrected chi connectivity index (χ0v) is 19.1. The molecule has 0 spiro atoms. The van der Waals surface area contributed by atoms with Gasteiger partial charge in [-0.1, -0.05) is 37.3 Å². The number of carbonyl (C=O) groups excluding carboxylic acids is 2. The summed E-state index contributed by atoms with van der Waals surface area (Å²) in [4.78, 5) is 31.0. The molecule has 4 rings (SSSR count). The van der Waals surface area contributed by atoms with Gasteiger partial charge in [0.25, 0.3) is 11.8 Å². The molecule has 2 aliphatic heterocycles. The third-order valence-electron chi connectivity index (χ3n) is 6.00. The summed E-state index contributed by atoms with van der Waals surface area (Å²) in [6.07, 6.45) is 1.88.